The minimum Gasteiger partial charge on any atom is -0.459 e. The standard InChI is InChI=1S/C9H12O2S.C4H3N3O4S/c1-6(2)11-9(10)8-4-7(3)5-12-8;1-2-5-3(6-11-2)4(8)7-12(9)10/h4-6H,1-3H3;1H3. The van der Waals surface area contributed by atoms with E-state index < -0.39 is 16.4 Å². The van der Waals surface area contributed by atoms with E-state index in [0.29, 0.717) is 4.88 Å². The monoisotopic (exact) mass is 373 g/mol. The molecular weight excluding hydrogens is 358 g/mol. The van der Waals surface area contributed by atoms with Crippen molar-refractivity contribution in [2.45, 2.75) is 33.8 Å². The lowest BCUT2D eigenvalue weighted by Crippen LogP contribution is -2.09. The number of aromatic nitrogens is 2. The number of ether oxygens (including phenoxy) is 1. The van der Waals surface area contributed by atoms with Crippen LogP contribution in [0.5, 0.6) is 0 Å². The molecule has 0 aliphatic heterocycles. The number of nitrogens with zero attached hydrogens (tertiary/aromatic N) is 3. The lowest BCUT2D eigenvalue weighted by atomic mass is 10.3. The summed E-state index contributed by atoms with van der Waals surface area (Å²) in [4.78, 5) is 26.1. The van der Waals surface area contributed by atoms with Crippen molar-refractivity contribution in [2.24, 2.45) is 4.36 Å². The van der Waals surface area contributed by atoms with Crippen LogP contribution in [0.4, 0.5) is 0 Å². The first kappa shape index (κ1) is 19.6. The van der Waals surface area contributed by atoms with E-state index in [2.05, 4.69) is 19.0 Å². The number of carbonyl (C=O) groups excluding carboxylic acids is 2. The van der Waals surface area contributed by atoms with Gasteiger partial charge in [0.05, 0.1) is 6.10 Å². The van der Waals surface area contributed by atoms with Crippen molar-refractivity contribution >= 4 is 33.7 Å². The number of hydrogen-bond acceptors (Lipinski definition) is 9. The molecule has 0 bridgehead atoms. The molecule has 0 radical (unpaired) electrons. The molecule has 0 saturated heterocycles. The number of rotatable bonds is 3. The maximum Gasteiger partial charge on any atom is 0.348 e. The molecule has 11 heteroatoms. The van der Waals surface area contributed by atoms with Gasteiger partial charge in [-0.05, 0) is 37.8 Å². The SMILES string of the molecule is Cc1csc(C(=O)OC(C)C)c1.Cc1nc(C(=O)N=S(=O)=O)no1. The van der Waals surface area contributed by atoms with Crippen LogP contribution >= 0.6 is 11.3 Å². The maximum absolute atomic E-state index is 11.3. The van der Waals surface area contributed by atoms with Gasteiger partial charge in [-0.2, -0.15) is 13.4 Å². The van der Waals surface area contributed by atoms with Gasteiger partial charge in [-0.1, -0.05) is 9.52 Å². The number of carbonyl (C=O) groups is 2. The minimum atomic E-state index is -2.78. The fraction of sp³-hybridized carbons (Fsp3) is 0.385. The van der Waals surface area contributed by atoms with E-state index in [0.717, 1.165) is 5.56 Å². The highest BCUT2D eigenvalue weighted by molar-refractivity contribution is 7.62. The minimum absolute atomic E-state index is 0.0418. The number of hydrogen-bond donors (Lipinski definition) is 0. The van der Waals surface area contributed by atoms with Crippen molar-refractivity contribution in [3.63, 3.8) is 0 Å². The number of esters is 1. The van der Waals surface area contributed by atoms with Gasteiger partial charge in [0, 0.05) is 6.92 Å². The van der Waals surface area contributed by atoms with Crippen molar-refractivity contribution in [1.82, 2.24) is 10.1 Å². The molecule has 0 aromatic carbocycles. The molecule has 2 aromatic rings. The van der Waals surface area contributed by atoms with Crippen molar-refractivity contribution in [2.75, 3.05) is 0 Å². The van der Waals surface area contributed by atoms with Crippen LogP contribution in [0.1, 0.15) is 45.6 Å². The summed E-state index contributed by atoms with van der Waals surface area (Å²) in [5.41, 5.74) is 1.11. The van der Waals surface area contributed by atoms with E-state index in [1.54, 1.807) is 0 Å². The molecule has 0 fully saturated rings. The van der Waals surface area contributed by atoms with Crippen molar-refractivity contribution in [3.8, 4) is 0 Å². The average molecular weight is 373 g/mol. The molecular formula is C13H15N3O6S2. The summed E-state index contributed by atoms with van der Waals surface area (Å²) >= 11 is 1.43. The third-order valence-corrected chi connectivity index (χ3v) is 3.49. The second-order valence-electron chi connectivity index (χ2n) is 4.69. The summed E-state index contributed by atoms with van der Waals surface area (Å²) in [5.74, 6) is -1.45. The van der Waals surface area contributed by atoms with Crippen LogP contribution in [-0.4, -0.2) is 36.5 Å². The zero-order valence-electron chi connectivity index (χ0n) is 13.3. The maximum atomic E-state index is 11.3. The van der Waals surface area contributed by atoms with Gasteiger partial charge < -0.3 is 9.26 Å². The van der Waals surface area contributed by atoms with Gasteiger partial charge in [0.1, 0.15) is 4.88 Å². The summed E-state index contributed by atoms with van der Waals surface area (Å²) in [6.45, 7) is 7.12. The molecule has 0 N–H and O–H groups in total. The summed E-state index contributed by atoms with van der Waals surface area (Å²) in [5, 5.41) is 5.11. The zero-order chi connectivity index (χ0) is 18.3. The number of thiophene rings is 1. The van der Waals surface area contributed by atoms with Crippen molar-refractivity contribution in [1.29, 1.82) is 0 Å². The Morgan fingerprint density at radius 1 is 1.33 bits per heavy atom. The molecule has 24 heavy (non-hydrogen) atoms. The summed E-state index contributed by atoms with van der Waals surface area (Å²) in [7, 11) is -2.78. The molecule has 2 heterocycles. The van der Waals surface area contributed by atoms with Crippen LogP contribution in [0, 0.1) is 13.8 Å². The molecule has 0 aliphatic rings. The van der Waals surface area contributed by atoms with Gasteiger partial charge >= 0.3 is 22.4 Å². The van der Waals surface area contributed by atoms with E-state index in [1.807, 2.05) is 32.2 Å². The highest BCUT2D eigenvalue weighted by Gasteiger charge is 2.12. The first-order valence-corrected chi connectivity index (χ1v) is 8.52. The topological polar surface area (TPSA) is 129 Å². The number of amides is 1. The summed E-state index contributed by atoms with van der Waals surface area (Å²) < 4.78 is 31.9. The molecule has 130 valence electrons. The van der Waals surface area contributed by atoms with Crippen LogP contribution < -0.4 is 0 Å². The van der Waals surface area contributed by atoms with E-state index in [-0.39, 0.29) is 23.8 Å². The largest absolute Gasteiger partial charge is 0.459 e. The quantitative estimate of drug-likeness (QED) is 0.749. The predicted molar refractivity (Wildman–Crippen MR) is 84.3 cm³/mol. The van der Waals surface area contributed by atoms with Gasteiger partial charge in [0.2, 0.25) is 5.89 Å². The smallest absolute Gasteiger partial charge is 0.348 e. The van der Waals surface area contributed by atoms with E-state index in [9.17, 15) is 18.0 Å². The average Bonchev–Trinajstić information content (AvgIpc) is 3.07. The number of aryl methyl sites for hydroxylation is 2. The molecule has 2 aromatic heterocycles. The van der Waals surface area contributed by atoms with Gasteiger partial charge in [0.15, 0.2) is 0 Å². The Morgan fingerprint density at radius 3 is 2.42 bits per heavy atom. The van der Waals surface area contributed by atoms with Gasteiger partial charge in [-0.15, -0.1) is 11.3 Å². The van der Waals surface area contributed by atoms with Crippen molar-refractivity contribution < 1.29 is 27.3 Å². The lowest BCUT2D eigenvalue weighted by Gasteiger charge is -2.05. The van der Waals surface area contributed by atoms with E-state index >= 15 is 0 Å². The lowest BCUT2D eigenvalue weighted by molar-refractivity contribution is 0.0383. The molecule has 0 unspecified atom stereocenters. The third-order valence-electron chi connectivity index (χ3n) is 2.15. The van der Waals surface area contributed by atoms with Crippen LogP contribution in [-0.2, 0) is 15.2 Å². The van der Waals surface area contributed by atoms with E-state index in [1.165, 1.54) is 18.3 Å². The zero-order valence-corrected chi connectivity index (χ0v) is 15.0. The molecule has 0 saturated carbocycles. The van der Waals surface area contributed by atoms with Crippen LogP contribution in [0.15, 0.2) is 20.3 Å². The van der Waals surface area contributed by atoms with Crippen molar-refractivity contribution in [3.05, 3.63) is 33.6 Å². The van der Waals surface area contributed by atoms with Crippen LogP contribution in [0.3, 0.4) is 0 Å². The molecule has 2 rings (SSSR count). The van der Waals surface area contributed by atoms with Crippen LogP contribution in [0.2, 0.25) is 0 Å². The fourth-order valence-electron chi connectivity index (χ4n) is 1.31. The second kappa shape index (κ2) is 9.03. The van der Waals surface area contributed by atoms with E-state index in [4.69, 9.17) is 4.74 Å². The Morgan fingerprint density at radius 2 is 2.00 bits per heavy atom. The first-order valence-electron chi connectivity index (χ1n) is 6.61. The Balaban J connectivity index is 0.000000240. The Bertz CT molecular complexity index is 843. The molecule has 0 aliphatic carbocycles. The predicted octanol–water partition coefficient (Wildman–Crippen LogP) is 2.20. The molecule has 9 nitrogen and oxygen atoms in total. The van der Waals surface area contributed by atoms with Gasteiger partial charge in [-0.3, -0.25) is 4.79 Å². The van der Waals surface area contributed by atoms with Gasteiger partial charge in [-0.25, -0.2) is 4.79 Å². The third kappa shape index (κ3) is 6.79. The fourth-order valence-corrected chi connectivity index (χ4v) is 2.30. The Kier molecular flexibility index (Phi) is 7.39. The molecule has 0 spiro atoms. The first-order chi connectivity index (χ1) is 11.2. The highest BCUT2D eigenvalue weighted by atomic mass is 32.2. The summed E-state index contributed by atoms with van der Waals surface area (Å²) in [6.07, 6.45) is -0.0418. The normalized spacial score (nSPS) is 9.88. The molecule has 0 atom stereocenters. The second-order valence-corrected chi connectivity index (χ2v) is 6.22. The van der Waals surface area contributed by atoms with Crippen LogP contribution in [0.25, 0.3) is 0 Å². The Hall–Kier alpha value is -2.40. The summed E-state index contributed by atoms with van der Waals surface area (Å²) in [6, 6.07) is 1.84. The highest BCUT2D eigenvalue weighted by Crippen LogP contribution is 2.15. The van der Waals surface area contributed by atoms with Gasteiger partial charge in [0.25, 0.3) is 5.82 Å². The molecule has 1 amide bonds. The Labute approximate surface area is 143 Å².